The molecule has 5 heteroatoms. The van der Waals surface area contributed by atoms with Crippen LogP contribution in [0, 0.1) is 13.8 Å². The Hall–Kier alpha value is -0.390. The first-order valence-corrected chi connectivity index (χ1v) is 6.90. The molecule has 17 heavy (non-hydrogen) atoms. The Labute approximate surface area is 110 Å². The number of hydrogen-bond acceptors (Lipinski definition) is 3. The van der Waals surface area contributed by atoms with Crippen molar-refractivity contribution in [2.45, 2.75) is 45.9 Å². The van der Waals surface area contributed by atoms with Gasteiger partial charge >= 0.3 is 0 Å². The summed E-state index contributed by atoms with van der Waals surface area (Å²) < 4.78 is 14.3. The zero-order valence-corrected chi connectivity index (χ0v) is 12.0. The van der Waals surface area contributed by atoms with E-state index in [2.05, 4.69) is 28.0 Å². The highest BCUT2D eigenvalue weighted by Gasteiger charge is 2.14. The average Bonchev–Trinajstić information content (AvgIpc) is 2.59. The maximum atomic E-state index is 5.69. The van der Waals surface area contributed by atoms with E-state index in [0.29, 0.717) is 6.61 Å². The monoisotopic (exact) mass is 302 g/mol. The first kappa shape index (κ1) is 13.1. The zero-order chi connectivity index (χ0) is 12.3. The van der Waals surface area contributed by atoms with E-state index in [1.54, 1.807) is 0 Å². The van der Waals surface area contributed by atoms with Crippen LogP contribution in [0.15, 0.2) is 4.47 Å². The summed E-state index contributed by atoms with van der Waals surface area (Å²) in [6.07, 6.45) is 3.37. The van der Waals surface area contributed by atoms with Gasteiger partial charge in [0.15, 0.2) is 6.29 Å². The van der Waals surface area contributed by atoms with Crippen LogP contribution in [0.2, 0.25) is 0 Å². The van der Waals surface area contributed by atoms with Gasteiger partial charge in [-0.05, 0) is 49.0 Å². The van der Waals surface area contributed by atoms with Crippen LogP contribution in [0.3, 0.4) is 0 Å². The Morgan fingerprint density at radius 1 is 1.47 bits per heavy atom. The molecule has 0 aliphatic carbocycles. The molecule has 2 heterocycles. The number of ether oxygens (including phenoxy) is 2. The van der Waals surface area contributed by atoms with E-state index >= 15 is 0 Å². The van der Waals surface area contributed by atoms with Crippen molar-refractivity contribution < 1.29 is 9.47 Å². The molecule has 0 spiro atoms. The molecule has 0 N–H and O–H groups in total. The quantitative estimate of drug-likeness (QED) is 0.858. The minimum Gasteiger partial charge on any atom is -0.353 e. The fraction of sp³-hybridized carbons (Fsp3) is 0.750. The normalized spacial score (nSPS) is 20.8. The van der Waals surface area contributed by atoms with Gasteiger partial charge in [-0.15, -0.1) is 0 Å². The van der Waals surface area contributed by atoms with Gasteiger partial charge in [0.2, 0.25) is 0 Å². The van der Waals surface area contributed by atoms with Crippen molar-refractivity contribution in [2.24, 2.45) is 0 Å². The SMILES string of the molecule is Cc1nn(CCO[C@H]2CCCCO2)c(C)c1Br. The van der Waals surface area contributed by atoms with Crippen molar-refractivity contribution in [1.29, 1.82) is 0 Å². The molecule has 1 aromatic rings. The molecule has 0 saturated carbocycles. The molecular formula is C12H19BrN2O2. The second kappa shape index (κ2) is 5.98. The van der Waals surface area contributed by atoms with E-state index in [4.69, 9.17) is 9.47 Å². The Balaban J connectivity index is 1.79. The van der Waals surface area contributed by atoms with Gasteiger partial charge in [0.1, 0.15) is 0 Å². The molecule has 1 atom stereocenters. The van der Waals surface area contributed by atoms with E-state index in [0.717, 1.165) is 41.9 Å². The van der Waals surface area contributed by atoms with Gasteiger partial charge in [0.25, 0.3) is 0 Å². The molecule has 1 aromatic heterocycles. The molecule has 1 fully saturated rings. The van der Waals surface area contributed by atoms with Gasteiger partial charge in [0, 0.05) is 12.3 Å². The second-order valence-corrected chi connectivity index (χ2v) is 5.17. The summed E-state index contributed by atoms with van der Waals surface area (Å²) >= 11 is 3.52. The van der Waals surface area contributed by atoms with Crippen LogP contribution in [-0.4, -0.2) is 29.3 Å². The highest BCUT2D eigenvalue weighted by atomic mass is 79.9. The number of aromatic nitrogens is 2. The number of hydrogen-bond donors (Lipinski definition) is 0. The molecule has 96 valence electrons. The summed E-state index contributed by atoms with van der Waals surface area (Å²) in [4.78, 5) is 0. The second-order valence-electron chi connectivity index (χ2n) is 4.37. The molecular weight excluding hydrogens is 284 g/mol. The first-order chi connectivity index (χ1) is 8.18. The average molecular weight is 303 g/mol. The fourth-order valence-corrected chi connectivity index (χ4v) is 2.29. The lowest BCUT2D eigenvalue weighted by molar-refractivity contribution is -0.163. The van der Waals surface area contributed by atoms with Gasteiger partial charge in [0.05, 0.1) is 23.3 Å². The van der Waals surface area contributed by atoms with Gasteiger partial charge in [-0.2, -0.15) is 5.10 Å². The number of nitrogens with zero attached hydrogens (tertiary/aromatic N) is 2. The summed E-state index contributed by atoms with van der Waals surface area (Å²) in [7, 11) is 0. The van der Waals surface area contributed by atoms with Crippen molar-refractivity contribution in [2.75, 3.05) is 13.2 Å². The van der Waals surface area contributed by atoms with Crippen molar-refractivity contribution >= 4 is 15.9 Å². The molecule has 1 saturated heterocycles. The van der Waals surface area contributed by atoms with E-state index in [1.165, 1.54) is 6.42 Å². The first-order valence-electron chi connectivity index (χ1n) is 6.11. The Kier molecular flexibility index (Phi) is 4.59. The predicted octanol–water partition coefficient (Wildman–Crippen LogP) is 2.81. The van der Waals surface area contributed by atoms with E-state index < -0.39 is 0 Å². The number of halogens is 1. The highest BCUT2D eigenvalue weighted by molar-refractivity contribution is 9.10. The standard InChI is InChI=1S/C12H19BrN2O2/c1-9-12(13)10(2)15(14-9)6-8-17-11-5-3-4-7-16-11/h11H,3-8H2,1-2H3/t11-/m0/s1. The Morgan fingerprint density at radius 3 is 2.88 bits per heavy atom. The molecule has 1 aliphatic heterocycles. The number of aryl methyl sites for hydroxylation is 1. The van der Waals surface area contributed by atoms with E-state index in [9.17, 15) is 0 Å². The molecule has 0 bridgehead atoms. The van der Waals surface area contributed by atoms with Crippen molar-refractivity contribution in [3.63, 3.8) is 0 Å². The summed E-state index contributed by atoms with van der Waals surface area (Å²) in [5.41, 5.74) is 2.17. The summed E-state index contributed by atoms with van der Waals surface area (Å²) in [6, 6.07) is 0. The lowest BCUT2D eigenvalue weighted by atomic mass is 10.2. The summed E-state index contributed by atoms with van der Waals surface area (Å²) in [5, 5.41) is 4.44. The maximum absolute atomic E-state index is 5.69. The van der Waals surface area contributed by atoms with Crippen LogP contribution in [0.5, 0.6) is 0 Å². The Bertz CT molecular complexity index is 373. The van der Waals surface area contributed by atoms with Crippen LogP contribution < -0.4 is 0 Å². The lowest BCUT2D eigenvalue weighted by Crippen LogP contribution is -2.24. The maximum Gasteiger partial charge on any atom is 0.157 e. The van der Waals surface area contributed by atoms with Crippen LogP contribution in [0.4, 0.5) is 0 Å². The molecule has 1 aliphatic rings. The van der Waals surface area contributed by atoms with Crippen LogP contribution in [0.25, 0.3) is 0 Å². The summed E-state index contributed by atoms with van der Waals surface area (Å²) in [6.45, 7) is 6.31. The molecule has 2 rings (SSSR count). The Morgan fingerprint density at radius 2 is 2.29 bits per heavy atom. The third kappa shape index (κ3) is 3.30. The van der Waals surface area contributed by atoms with Crippen LogP contribution >= 0.6 is 15.9 Å². The van der Waals surface area contributed by atoms with Crippen LogP contribution in [-0.2, 0) is 16.0 Å². The van der Waals surface area contributed by atoms with E-state index in [-0.39, 0.29) is 6.29 Å². The molecule has 0 amide bonds. The predicted molar refractivity (Wildman–Crippen MR) is 68.9 cm³/mol. The largest absolute Gasteiger partial charge is 0.353 e. The van der Waals surface area contributed by atoms with Crippen LogP contribution in [0.1, 0.15) is 30.7 Å². The molecule has 0 aromatic carbocycles. The van der Waals surface area contributed by atoms with E-state index in [1.807, 2.05) is 11.6 Å². The van der Waals surface area contributed by atoms with Gasteiger partial charge in [-0.1, -0.05) is 0 Å². The van der Waals surface area contributed by atoms with Crippen molar-refractivity contribution in [1.82, 2.24) is 9.78 Å². The van der Waals surface area contributed by atoms with Gasteiger partial charge in [-0.25, -0.2) is 0 Å². The van der Waals surface area contributed by atoms with Gasteiger partial charge in [-0.3, -0.25) is 4.68 Å². The minimum atomic E-state index is -0.0100. The highest BCUT2D eigenvalue weighted by Crippen LogP contribution is 2.19. The third-order valence-corrected chi connectivity index (χ3v) is 4.19. The molecule has 0 radical (unpaired) electrons. The molecule has 0 unspecified atom stereocenters. The van der Waals surface area contributed by atoms with Gasteiger partial charge < -0.3 is 9.47 Å². The lowest BCUT2D eigenvalue weighted by Gasteiger charge is -2.22. The third-order valence-electron chi connectivity index (χ3n) is 3.04. The smallest absolute Gasteiger partial charge is 0.157 e. The zero-order valence-electron chi connectivity index (χ0n) is 10.4. The van der Waals surface area contributed by atoms with Crippen molar-refractivity contribution in [3.05, 3.63) is 15.9 Å². The fourth-order valence-electron chi connectivity index (χ4n) is 2.01. The molecule has 4 nitrogen and oxygen atoms in total. The van der Waals surface area contributed by atoms with Crippen molar-refractivity contribution in [3.8, 4) is 0 Å². The minimum absolute atomic E-state index is 0.0100. The topological polar surface area (TPSA) is 36.3 Å². The number of rotatable bonds is 4. The summed E-state index contributed by atoms with van der Waals surface area (Å²) in [5.74, 6) is 0.